The van der Waals surface area contributed by atoms with Gasteiger partial charge in [0, 0.05) is 11.5 Å². The molecule has 0 saturated carbocycles. The van der Waals surface area contributed by atoms with E-state index in [1.54, 1.807) is 7.11 Å². The summed E-state index contributed by atoms with van der Waals surface area (Å²) in [5, 5.41) is 0. The van der Waals surface area contributed by atoms with Crippen LogP contribution in [0.3, 0.4) is 0 Å². The maximum Gasteiger partial charge on any atom is 0.186 e. The average Bonchev–Trinajstić information content (AvgIpc) is 2.94. The Kier molecular flexibility index (Phi) is 11.0. The smallest absolute Gasteiger partial charge is 0.186 e. The highest BCUT2D eigenvalue weighted by atomic mass is 127. The number of hydrogen-bond donors (Lipinski definition) is 0. The summed E-state index contributed by atoms with van der Waals surface area (Å²) in [6, 6.07) is 30.4. The maximum atomic E-state index is 6.57. The van der Waals surface area contributed by atoms with Gasteiger partial charge in [-0.05, 0) is 16.7 Å². The molecule has 1 saturated heterocycles. The van der Waals surface area contributed by atoms with Crippen LogP contribution in [0.15, 0.2) is 103 Å². The highest BCUT2D eigenvalue weighted by molar-refractivity contribution is 14.1. The van der Waals surface area contributed by atoms with E-state index in [4.69, 9.17) is 23.7 Å². The van der Waals surface area contributed by atoms with Gasteiger partial charge in [0.15, 0.2) is 6.29 Å². The minimum atomic E-state index is -0.602. The predicted octanol–water partition coefficient (Wildman–Crippen LogP) is 6.11. The summed E-state index contributed by atoms with van der Waals surface area (Å²) < 4.78 is 32.5. The van der Waals surface area contributed by atoms with E-state index in [0.717, 1.165) is 21.1 Å². The molecule has 3 aromatic carbocycles. The number of allylic oxidation sites excluding steroid dienone is 1. The first-order valence-corrected chi connectivity index (χ1v) is 13.7. The molecule has 3 aromatic rings. The van der Waals surface area contributed by atoms with E-state index in [0.29, 0.717) is 19.8 Å². The molecule has 0 bridgehead atoms. The number of hydrogen-bond acceptors (Lipinski definition) is 5. The predicted molar refractivity (Wildman–Crippen MR) is 149 cm³/mol. The third kappa shape index (κ3) is 7.71. The van der Waals surface area contributed by atoms with E-state index in [9.17, 15) is 0 Å². The molecule has 4 rings (SSSR count). The highest BCUT2D eigenvalue weighted by Gasteiger charge is 2.47. The molecule has 0 aliphatic carbocycles. The largest absolute Gasteiger partial charge is 0.368 e. The van der Waals surface area contributed by atoms with Gasteiger partial charge in [0.2, 0.25) is 0 Å². The summed E-state index contributed by atoms with van der Waals surface area (Å²) in [6.07, 6.45) is 1.89. The van der Waals surface area contributed by atoms with E-state index in [1.165, 1.54) is 0 Å². The molecule has 5 nitrogen and oxygen atoms in total. The lowest BCUT2D eigenvalue weighted by Gasteiger charge is -2.45. The Morgan fingerprint density at radius 3 is 1.56 bits per heavy atom. The van der Waals surface area contributed by atoms with E-state index in [1.807, 2.05) is 72.8 Å². The minimum absolute atomic E-state index is 0.342. The summed E-state index contributed by atoms with van der Waals surface area (Å²) >= 11 is 2.32. The molecule has 6 heteroatoms. The van der Waals surface area contributed by atoms with Gasteiger partial charge in [-0.1, -0.05) is 126 Å². The van der Waals surface area contributed by atoms with Crippen LogP contribution in [-0.2, 0) is 43.5 Å². The molecular weight excluding hydrogens is 567 g/mol. The van der Waals surface area contributed by atoms with E-state index in [2.05, 4.69) is 52.9 Å². The molecule has 0 spiro atoms. The van der Waals surface area contributed by atoms with Gasteiger partial charge in [0.1, 0.15) is 24.4 Å². The van der Waals surface area contributed by atoms with Crippen molar-refractivity contribution in [3.8, 4) is 0 Å². The summed E-state index contributed by atoms with van der Waals surface area (Å²) in [5.74, 6) is 0. The van der Waals surface area contributed by atoms with Crippen LogP contribution in [-0.4, -0.2) is 42.2 Å². The molecule has 190 valence electrons. The quantitative estimate of drug-likeness (QED) is 0.143. The van der Waals surface area contributed by atoms with Crippen molar-refractivity contribution < 1.29 is 23.7 Å². The van der Waals surface area contributed by atoms with E-state index in [-0.39, 0.29) is 12.2 Å². The number of ether oxygens (including phenoxy) is 5. The Morgan fingerprint density at radius 1 is 0.667 bits per heavy atom. The van der Waals surface area contributed by atoms with Gasteiger partial charge in [-0.15, -0.1) is 0 Å². The lowest BCUT2D eigenvalue weighted by atomic mass is 9.97. The van der Waals surface area contributed by atoms with Gasteiger partial charge in [0.25, 0.3) is 0 Å². The molecule has 1 aliphatic rings. The molecule has 36 heavy (non-hydrogen) atoms. The Bertz CT molecular complexity index is 1030. The first-order chi connectivity index (χ1) is 17.8. The standard InChI is InChI=1S/C30H33IO5/c1-32-30-29(35-22-25-16-9-4-10-17-25)28(34-21-24-14-7-3-8-15-24)27(26(36-30)18-11-19-31)33-20-23-12-5-2-6-13-23/h2-18,26-30H,19-22H2,1H3/b18-11+/t26-,27-,28+,29+,30+/m1/s1. The molecule has 5 atom stereocenters. The number of alkyl halides is 1. The summed E-state index contributed by atoms with van der Waals surface area (Å²) in [5.41, 5.74) is 3.25. The first-order valence-electron chi connectivity index (χ1n) is 12.2. The molecule has 0 radical (unpaired) electrons. The third-order valence-electron chi connectivity index (χ3n) is 6.03. The monoisotopic (exact) mass is 600 g/mol. The minimum Gasteiger partial charge on any atom is -0.368 e. The van der Waals surface area contributed by atoms with Crippen molar-refractivity contribution in [3.05, 3.63) is 120 Å². The molecule has 0 amide bonds. The summed E-state index contributed by atoms with van der Waals surface area (Å²) in [7, 11) is 1.64. The number of benzene rings is 3. The molecular formula is C30H33IO5. The topological polar surface area (TPSA) is 46.2 Å². The second kappa shape index (κ2) is 14.6. The normalized spacial score (nSPS) is 24.2. The van der Waals surface area contributed by atoms with Gasteiger partial charge in [-0.2, -0.15) is 0 Å². The number of methoxy groups -OCH3 is 1. The van der Waals surface area contributed by atoms with Crippen LogP contribution in [0.1, 0.15) is 16.7 Å². The molecule has 1 fully saturated rings. The van der Waals surface area contributed by atoms with Crippen molar-refractivity contribution >= 4 is 22.6 Å². The van der Waals surface area contributed by atoms with Gasteiger partial charge in [-0.3, -0.25) is 0 Å². The van der Waals surface area contributed by atoms with Crippen LogP contribution in [0.4, 0.5) is 0 Å². The van der Waals surface area contributed by atoms with Crippen molar-refractivity contribution in [2.45, 2.75) is 50.5 Å². The molecule has 0 aromatic heterocycles. The van der Waals surface area contributed by atoms with Gasteiger partial charge in [-0.25, -0.2) is 0 Å². The van der Waals surface area contributed by atoms with E-state index >= 15 is 0 Å². The number of halogens is 1. The van der Waals surface area contributed by atoms with Crippen LogP contribution >= 0.6 is 22.6 Å². The second-order valence-electron chi connectivity index (χ2n) is 8.57. The van der Waals surface area contributed by atoms with Crippen LogP contribution in [0.5, 0.6) is 0 Å². The number of rotatable bonds is 12. The Labute approximate surface area is 227 Å². The lowest BCUT2D eigenvalue weighted by molar-refractivity contribution is -0.309. The third-order valence-corrected chi connectivity index (χ3v) is 6.54. The molecule has 1 heterocycles. The fourth-order valence-electron chi connectivity index (χ4n) is 4.22. The first kappa shape index (κ1) is 27.0. The zero-order valence-electron chi connectivity index (χ0n) is 20.4. The Morgan fingerprint density at radius 2 is 1.11 bits per heavy atom. The van der Waals surface area contributed by atoms with Gasteiger partial charge < -0.3 is 23.7 Å². The fourth-order valence-corrected chi connectivity index (χ4v) is 4.52. The summed E-state index contributed by atoms with van der Waals surface area (Å²) in [4.78, 5) is 0. The van der Waals surface area contributed by atoms with E-state index < -0.39 is 18.5 Å². The Balaban J connectivity index is 1.60. The SMILES string of the molecule is CO[C@H]1O[C@H](/C=C/CI)[C@@H](OCc2ccccc2)[C@H](OCc2ccccc2)[C@@H]1OCc1ccccc1. The van der Waals surface area contributed by atoms with Crippen molar-refractivity contribution in [1.82, 2.24) is 0 Å². The lowest BCUT2D eigenvalue weighted by Crippen LogP contribution is -2.60. The molecule has 1 aliphatic heterocycles. The average molecular weight is 600 g/mol. The van der Waals surface area contributed by atoms with Crippen molar-refractivity contribution in [2.75, 3.05) is 11.5 Å². The maximum absolute atomic E-state index is 6.57. The Hall–Kier alpha value is -2.07. The summed E-state index contributed by atoms with van der Waals surface area (Å²) in [6.45, 7) is 1.29. The van der Waals surface area contributed by atoms with Crippen LogP contribution < -0.4 is 0 Å². The van der Waals surface area contributed by atoms with Crippen LogP contribution in [0.25, 0.3) is 0 Å². The molecule has 0 unspecified atom stereocenters. The molecule has 0 N–H and O–H groups in total. The highest BCUT2D eigenvalue weighted by Crippen LogP contribution is 2.31. The van der Waals surface area contributed by atoms with Crippen LogP contribution in [0, 0.1) is 0 Å². The van der Waals surface area contributed by atoms with Crippen molar-refractivity contribution in [1.29, 1.82) is 0 Å². The second-order valence-corrected chi connectivity index (χ2v) is 9.45. The van der Waals surface area contributed by atoms with Crippen molar-refractivity contribution in [2.24, 2.45) is 0 Å². The zero-order valence-corrected chi connectivity index (χ0v) is 22.6. The fraction of sp³-hybridized carbons (Fsp3) is 0.333. The van der Waals surface area contributed by atoms with Crippen molar-refractivity contribution in [3.63, 3.8) is 0 Å². The zero-order chi connectivity index (χ0) is 25.0. The van der Waals surface area contributed by atoms with Crippen LogP contribution in [0.2, 0.25) is 0 Å². The van der Waals surface area contributed by atoms with Gasteiger partial charge >= 0.3 is 0 Å². The van der Waals surface area contributed by atoms with Gasteiger partial charge in [0.05, 0.1) is 19.8 Å².